The summed E-state index contributed by atoms with van der Waals surface area (Å²) >= 11 is 0. The molecule has 0 N–H and O–H groups in total. The van der Waals surface area contributed by atoms with Gasteiger partial charge in [-0.3, -0.25) is 9.59 Å². The van der Waals surface area contributed by atoms with Crippen LogP contribution in [0, 0.1) is 62.1 Å². The minimum Gasteiger partial charge on any atom is -0.462 e. The maximum absolute atomic E-state index is 14.6. The number of hydrogen-bond donors (Lipinski definition) is 0. The summed E-state index contributed by atoms with van der Waals surface area (Å²) in [7, 11) is 0. The molecule has 0 aromatic rings. The maximum Gasteiger partial charge on any atom is 0.302 e. The van der Waals surface area contributed by atoms with Gasteiger partial charge in [0.1, 0.15) is 11.9 Å². The first-order valence-corrected chi connectivity index (χ1v) is 14.9. The third kappa shape index (κ3) is 2.60. The molecule has 6 rings (SSSR count). The smallest absolute Gasteiger partial charge is 0.302 e. The molecule has 2 spiro atoms. The summed E-state index contributed by atoms with van der Waals surface area (Å²) in [5.74, 6) is 3.67. The zero-order valence-electron chi connectivity index (χ0n) is 23.8. The lowest BCUT2D eigenvalue weighted by Crippen LogP contribution is -2.67. The first-order valence-electron chi connectivity index (χ1n) is 14.9. The van der Waals surface area contributed by atoms with Crippen molar-refractivity contribution in [3.8, 4) is 0 Å². The molecule has 6 aliphatic carbocycles. The molecule has 3 heteroatoms. The summed E-state index contributed by atoms with van der Waals surface area (Å²) in [6.45, 7) is 19.0. The lowest BCUT2D eigenvalue weighted by Gasteiger charge is -2.71. The van der Waals surface area contributed by atoms with Crippen molar-refractivity contribution in [1.82, 2.24) is 0 Å². The Bertz CT molecular complexity index is 968. The molecular formula is C32H50O3. The highest BCUT2D eigenvalue weighted by molar-refractivity contribution is 5.92. The van der Waals surface area contributed by atoms with Gasteiger partial charge < -0.3 is 4.74 Å². The predicted octanol–water partition coefficient (Wildman–Crippen LogP) is 7.61. The normalized spacial score (nSPS) is 58.1. The van der Waals surface area contributed by atoms with Crippen molar-refractivity contribution in [3.05, 3.63) is 0 Å². The van der Waals surface area contributed by atoms with E-state index >= 15 is 0 Å². The van der Waals surface area contributed by atoms with Gasteiger partial charge in [-0.15, -0.1) is 0 Å². The lowest BCUT2D eigenvalue weighted by atomic mass is 9.33. The number of fused-ring (bicyclic) bond motifs is 4. The Morgan fingerprint density at radius 3 is 2.31 bits per heavy atom. The van der Waals surface area contributed by atoms with Gasteiger partial charge in [0.2, 0.25) is 0 Å². The molecule has 0 saturated heterocycles. The number of ether oxygens (including phenoxy) is 1. The van der Waals surface area contributed by atoms with Crippen molar-refractivity contribution < 1.29 is 14.3 Å². The largest absolute Gasteiger partial charge is 0.462 e. The fourth-order valence-electron chi connectivity index (χ4n) is 12.6. The van der Waals surface area contributed by atoms with Gasteiger partial charge in [0.15, 0.2) is 0 Å². The average Bonchev–Trinajstić information content (AvgIpc) is 3.47. The Balaban J connectivity index is 1.41. The summed E-state index contributed by atoms with van der Waals surface area (Å²) in [5.41, 5.74) is 0.705. The number of carbonyl (C=O) groups is 2. The number of carbonyl (C=O) groups excluding carboxylic acids is 2. The van der Waals surface area contributed by atoms with E-state index in [1.807, 2.05) is 0 Å². The standard InChI is InChI=1S/C32H50O3/c1-19-9-12-28(6)15-16-29(7)22(26(28)20(19)2)17-24(34)32-18-31(32)14-11-25(35-21(3)33)27(4,5)23(31)10-13-30(29,32)8/h19-20,22-23,25-26H,9-18H2,1-8H3. The van der Waals surface area contributed by atoms with Crippen molar-refractivity contribution in [3.63, 3.8) is 0 Å². The van der Waals surface area contributed by atoms with Gasteiger partial charge in [-0.05, 0) is 109 Å². The third-order valence-electron chi connectivity index (χ3n) is 14.8. The Labute approximate surface area is 213 Å². The van der Waals surface area contributed by atoms with Crippen LogP contribution < -0.4 is 0 Å². The van der Waals surface area contributed by atoms with Crippen LogP contribution in [0.2, 0.25) is 0 Å². The molecule has 3 nitrogen and oxygen atoms in total. The molecule has 0 amide bonds. The molecule has 0 bridgehead atoms. The summed E-state index contributed by atoms with van der Waals surface area (Å²) in [6.07, 6.45) is 11.6. The molecule has 11 unspecified atom stereocenters. The van der Waals surface area contributed by atoms with Crippen LogP contribution in [0.4, 0.5) is 0 Å². The summed E-state index contributed by atoms with van der Waals surface area (Å²) in [5, 5.41) is 0. The minimum absolute atomic E-state index is 0.0142. The summed E-state index contributed by atoms with van der Waals surface area (Å²) in [4.78, 5) is 26.5. The van der Waals surface area contributed by atoms with Crippen LogP contribution in [0.15, 0.2) is 0 Å². The zero-order chi connectivity index (χ0) is 25.4. The Morgan fingerprint density at radius 1 is 0.914 bits per heavy atom. The van der Waals surface area contributed by atoms with Crippen LogP contribution in [0.3, 0.4) is 0 Å². The highest BCUT2D eigenvalue weighted by Gasteiger charge is 2.88. The molecule has 0 radical (unpaired) electrons. The van der Waals surface area contributed by atoms with Gasteiger partial charge in [0, 0.05) is 24.2 Å². The summed E-state index contributed by atoms with van der Waals surface area (Å²) < 4.78 is 5.88. The van der Waals surface area contributed by atoms with Gasteiger partial charge in [-0.25, -0.2) is 0 Å². The second-order valence-electron chi connectivity index (χ2n) is 15.8. The van der Waals surface area contributed by atoms with Crippen LogP contribution >= 0.6 is 0 Å². The topological polar surface area (TPSA) is 43.4 Å². The van der Waals surface area contributed by atoms with Crippen LogP contribution in [0.25, 0.3) is 0 Å². The minimum atomic E-state index is -0.157. The fourth-order valence-corrected chi connectivity index (χ4v) is 12.6. The second kappa shape index (κ2) is 6.96. The Hall–Kier alpha value is -0.860. The fraction of sp³-hybridized carbons (Fsp3) is 0.938. The van der Waals surface area contributed by atoms with E-state index in [4.69, 9.17) is 4.74 Å². The van der Waals surface area contributed by atoms with Crippen molar-refractivity contribution in [2.45, 2.75) is 126 Å². The van der Waals surface area contributed by atoms with Gasteiger partial charge in [0.25, 0.3) is 0 Å². The molecule has 196 valence electrons. The van der Waals surface area contributed by atoms with Gasteiger partial charge in [0.05, 0.1) is 0 Å². The zero-order valence-corrected chi connectivity index (χ0v) is 23.8. The third-order valence-corrected chi connectivity index (χ3v) is 14.8. The first kappa shape index (κ1) is 24.5. The van der Waals surface area contributed by atoms with Gasteiger partial charge >= 0.3 is 5.97 Å². The van der Waals surface area contributed by atoms with Crippen LogP contribution in [-0.4, -0.2) is 17.9 Å². The highest BCUT2D eigenvalue weighted by Crippen LogP contribution is 2.90. The molecule has 6 saturated carbocycles. The Kier molecular flexibility index (Phi) is 4.87. The van der Waals surface area contributed by atoms with Crippen LogP contribution in [-0.2, 0) is 14.3 Å². The van der Waals surface area contributed by atoms with Gasteiger partial charge in [-0.2, -0.15) is 0 Å². The molecule has 6 aliphatic rings. The maximum atomic E-state index is 14.6. The van der Waals surface area contributed by atoms with E-state index in [0.29, 0.717) is 34.9 Å². The van der Waals surface area contributed by atoms with E-state index in [2.05, 4.69) is 48.5 Å². The molecule has 6 fully saturated rings. The number of rotatable bonds is 1. The molecule has 11 atom stereocenters. The SMILES string of the molecule is CC(=O)OC1CCC23CC24C(=O)CC2C5C(C)C(C)CCC5(C)CCC2(C)C4(C)CCC3C1(C)C. The van der Waals surface area contributed by atoms with E-state index in [-0.39, 0.29) is 39.1 Å². The van der Waals surface area contributed by atoms with E-state index in [0.717, 1.165) is 31.6 Å². The molecule has 0 aromatic carbocycles. The highest BCUT2D eigenvalue weighted by atomic mass is 16.5. The van der Waals surface area contributed by atoms with Crippen molar-refractivity contribution >= 4 is 11.8 Å². The van der Waals surface area contributed by atoms with Crippen molar-refractivity contribution in [2.24, 2.45) is 62.1 Å². The quantitative estimate of drug-likeness (QED) is 0.361. The number of hydrogen-bond acceptors (Lipinski definition) is 3. The lowest BCUT2D eigenvalue weighted by molar-refractivity contribution is -0.227. The molecule has 0 aromatic heterocycles. The number of esters is 1. The molecule has 35 heavy (non-hydrogen) atoms. The Morgan fingerprint density at radius 2 is 1.63 bits per heavy atom. The van der Waals surface area contributed by atoms with Crippen LogP contribution in [0.5, 0.6) is 0 Å². The molecular weight excluding hydrogens is 432 g/mol. The van der Waals surface area contributed by atoms with E-state index in [9.17, 15) is 9.59 Å². The monoisotopic (exact) mass is 482 g/mol. The van der Waals surface area contributed by atoms with Crippen molar-refractivity contribution in [2.75, 3.05) is 0 Å². The number of ketones is 1. The first-order chi connectivity index (χ1) is 16.2. The van der Waals surface area contributed by atoms with E-state index < -0.39 is 0 Å². The van der Waals surface area contributed by atoms with Crippen LogP contribution in [0.1, 0.15) is 120 Å². The van der Waals surface area contributed by atoms with Crippen molar-refractivity contribution in [1.29, 1.82) is 0 Å². The molecule has 0 aliphatic heterocycles. The second-order valence-corrected chi connectivity index (χ2v) is 15.8. The predicted molar refractivity (Wildman–Crippen MR) is 138 cm³/mol. The number of Topliss-reactive ketones (excluding diaryl/α,β-unsaturated/α-hetero) is 1. The summed E-state index contributed by atoms with van der Waals surface area (Å²) in [6, 6.07) is 0. The molecule has 0 heterocycles. The van der Waals surface area contributed by atoms with E-state index in [1.54, 1.807) is 6.92 Å². The average molecular weight is 483 g/mol. The van der Waals surface area contributed by atoms with E-state index in [1.165, 1.54) is 38.5 Å². The van der Waals surface area contributed by atoms with Gasteiger partial charge in [-0.1, -0.05) is 48.5 Å².